The Morgan fingerprint density at radius 2 is 2.18 bits per heavy atom. The van der Waals surface area contributed by atoms with E-state index in [-0.39, 0.29) is 0 Å². The Hall–Kier alpha value is -1.75. The number of rotatable bonds is 4. The fourth-order valence-corrected chi connectivity index (χ4v) is 2.25. The summed E-state index contributed by atoms with van der Waals surface area (Å²) >= 11 is 1.48. The summed E-state index contributed by atoms with van der Waals surface area (Å²) in [5.41, 5.74) is 6.80. The number of hydrogen-bond acceptors (Lipinski definition) is 5. The van der Waals surface area contributed by atoms with Gasteiger partial charge in [0.1, 0.15) is 10.8 Å². The standard InChI is InChI=1S/C12H15N3OS/c1-15(12-14-7-11(13)17-12)8-9-5-3-4-6-10(9)16-2/h3-7H,8,13H2,1-2H3. The fraction of sp³-hybridized carbons (Fsp3) is 0.250. The Labute approximate surface area is 105 Å². The number of nitrogens with two attached hydrogens (primary N) is 1. The molecule has 1 aromatic carbocycles. The summed E-state index contributed by atoms with van der Waals surface area (Å²) in [6.07, 6.45) is 1.68. The van der Waals surface area contributed by atoms with E-state index in [1.54, 1.807) is 13.3 Å². The van der Waals surface area contributed by atoms with Crippen LogP contribution in [0.15, 0.2) is 30.5 Å². The van der Waals surface area contributed by atoms with E-state index in [1.165, 1.54) is 11.3 Å². The first-order chi connectivity index (χ1) is 8.20. The smallest absolute Gasteiger partial charge is 0.187 e. The van der Waals surface area contributed by atoms with Gasteiger partial charge in [-0.05, 0) is 6.07 Å². The van der Waals surface area contributed by atoms with Crippen LogP contribution < -0.4 is 15.4 Å². The van der Waals surface area contributed by atoms with Gasteiger partial charge in [-0.25, -0.2) is 4.98 Å². The first kappa shape index (κ1) is 11.7. The molecule has 0 unspecified atom stereocenters. The summed E-state index contributed by atoms with van der Waals surface area (Å²) in [5.74, 6) is 0.892. The second-order valence-electron chi connectivity index (χ2n) is 3.71. The lowest BCUT2D eigenvalue weighted by atomic mass is 10.2. The summed E-state index contributed by atoms with van der Waals surface area (Å²) in [4.78, 5) is 6.30. The monoisotopic (exact) mass is 249 g/mol. The van der Waals surface area contributed by atoms with Gasteiger partial charge in [0.05, 0.1) is 13.3 Å². The van der Waals surface area contributed by atoms with Crippen molar-refractivity contribution >= 4 is 21.5 Å². The van der Waals surface area contributed by atoms with Crippen molar-refractivity contribution in [2.45, 2.75) is 6.54 Å². The molecule has 0 amide bonds. The molecule has 0 spiro atoms. The Balaban J connectivity index is 2.15. The lowest BCUT2D eigenvalue weighted by molar-refractivity contribution is 0.409. The number of para-hydroxylation sites is 1. The number of anilines is 2. The molecule has 0 radical (unpaired) electrons. The zero-order valence-corrected chi connectivity index (χ0v) is 10.7. The molecule has 5 heteroatoms. The van der Waals surface area contributed by atoms with Crippen molar-refractivity contribution in [1.29, 1.82) is 0 Å². The Kier molecular flexibility index (Phi) is 3.49. The molecule has 1 heterocycles. The van der Waals surface area contributed by atoms with Crippen LogP contribution in [0.4, 0.5) is 10.1 Å². The van der Waals surface area contributed by atoms with Crippen LogP contribution in [0.25, 0.3) is 0 Å². The molecule has 2 N–H and O–H groups in total. The van der Waals surface area contributed by atoms with Gasteiger partial charge < -0.3 is 15.4 Å². The van der Waals surface area contributed by atoms with Crippen LogP contribution in [0.3, 0.4) is 0 Å². The summed E-state index contributed by atoms with van der Waals surface area (Å²) in [6, 6.07) is 7.97. The highest BCUT2D eigenvalue weighted by molar-refractivity contribution is 7.19. The van der Waals surface area contributed by atoms with Crippen molar-refractivity contribution in [1.82, 2.24) is 4.98 Å². The molecule has 0 bridgehead atoms. The zero-order valence-electron chi connectivity index (χ0n) is 9.88. The maximum atomic E-state index is 5.67. The molecule has 1 aromatic heterocycles. The largest absolute Gasteiger partial charge is 0.496 e. The molecule has 2 rings (SSSR count). The van der Waals surface area contributed by atoms with E-state index in [4.69, 9.17) is 10.5 Å². The zero-order chi connectivity index (χ0) is 12.3. The minimum absolute atomic E-state index is 0.729. The molecule has 0 aliphatic heterocycles. The molecule has 0 atom stereocenters. The molecule has 0 aliphatic carbocycles. The van der Waals surface area contributed by atoms with E-state index < -0.39 is 0 Å². The van der Waals surface area contributed by atoms with Crippen molar-refractivity contribution in [2.75, 3.05) is 24.8 Å². The lowest BCUT2D eigenvalue weighted by Gasteiger charge is -2.17. The predicted octanol–water partition coefficient (Wildman–Crippen LogP) is 2.37. The minimum atomic E-state index is 0.729. The number of nitrogen functional groups attached to an aromatic ring is 1. The van der Waals surface area contributed by atoms with E-state index in [0.717, 1.165) is 28.0 Å². The SMILES string of the molecule is COc1ccccc1CN(C)c1ncc(N)s1. The number of benzene rings is 1. The fourth-order valence-electron chi connectivity index (χ4n) is 1.61. The van der Waals surface area contributed by atoms with Gasteiger partial charge in [-0.2, -0.15) is 0 Å². The first-order valence-corrected chi connectivity index (χ1v) is 6.06. The Bertz CT molecular complexity index is 498. The number of hydrogen-bond donors (Lipinski definition) is 1. The quantitative estimate of drug-likeness (QED) is 0.903. The van der Waals surface area contributed by atoms with Gasteiger partial charge in [-0.15, -0.1) is 0 Å². The third-order valence-electron chi connectivity index (χ3n) is 2.44. The van der Waals surface area contributed by atoms with Gasteiger partial charge in [0, 0.05) is 19.2 Å². The number of thiazole rings is 1. The molecule has 4 nitrogen and oxygen atoms in total. The third kappa shape index (κ3) is 2.68. The molecule has 90 valence electrons. The molecule has 0 fully saturated rings. The van der Waals surface area contributed by atoms with Crippen molar-refractivity contribution in [3.8, 4) is 5.75 Å². The summed E-state index contributed by atoms with van der Waals surface area (Å²) < 4.78 is 5.32. The average Bonchev–Trinajstić information content (AvgIpc) is 2.77. The highest BCUT2D eigenvalue weighted by Crippen LogP contribution is 2.26. The number of methoxy groups -OCH3 is 1. The summed E-state index contributed by atoms with van der Waals surface area (Å²) in [7, 11) is 3.67. The lowest BCUT2D eigenvalue weighted by Crippen LogP contribution is -2.16. The maximum absolute atomic E-state index is 5.67. The van der Waals surface area contributed by atoms with Gasteiger partial charge in [0.25, 0.3) is 0 Å². The van der Waals surface area contributed by atoms with Gasteiger partial charge in [-0.1, -0.05) is 29.5 Å². The van der Waals surface area contributed by atoms with Crippen LogP contribution in [0.2, 0.25) is 0 Å². The van der Waals surface area contributed by atoms with E-state index in [9.17, 15) is 0 Å². The van der Waals surface area contributed by atoms with Crippen molar-refractivity contribution in [2.24, 2.45) is 0 Å². The highest BCUT2D eigenvalue weighted by atomic mass is 32.1. The first-order valence-electron chi connectivity index (χ1n) is 5.25. The van der Waals surface area contributed by atoms with E-state index in [0.29, 0.717) is 0 Å². The van der Waals surface area contributed by atoms with Crippen LogP contribution in [0, 0.1) is 0 Å². The Morgan fingerprint density at radius 3 is 2.82 bits per heavy atom. The van der Waals surface area contributed by atoms with Crippen molar-refractivity contribution in [3.05, 3.63) is 36.0 Å². The van der Waals surface area contributed by atoms with Crippen LogP contribution >= 0.6 is 11.3 Å². The topological polar surface area (TPSA) is 51.4 Å². The summed E-state index contributed by atoms with van der Waals surface area (Å²) in [6.45, 7) is 0.747. The molecule has 17 heavy (non-hydrogen) atoms. The van der Waals surface area contributed by atoms with Crippen LogP contribution in [0.5, 0.6) is 5.75 Å². The Morgan fingerprint density at radius 1 is 1.41 bits per heavy atom. The molecular weight excluding hydrogens is 234 g/mol. The second kappa shape index (κ2) is 5.05. The molecule has 2 aromatic rings. The number of ether oxygens (including phenoxy) is 1. The van der Waals surface area contributed by atoms with Crippen LogP contribution in [0.1, 0.15) is 5.56 Å². The highest BCUT2D eigenvalue weighted by Gasteiger charge is 2.09. The average molecular weight is 249 g/mol. The van der Waals surface area contributed by atoms with Crippen LogP contribution in [-0.2, 0) is 6.54 Å². The summed E-state index contributed by atoms with van der Waals surface area (Å²) in [5, 5.41) is 1.64. The van der Waals surface area contributed by atoms with Crippen molar-refractivity contribution < 1.29 is 4.74 Å². The molecule has 0 saturated heterocycles. The predicted molar refractivity (Wildman–Crippen MR) is 71.6 cm³/mol. The van der Waals surface area contributed by atoms with Crippen LogP contribution in [-0.4, -0.2) is 19.1 Å². The minimum Gasteiger partial charge on any atom is -0.496 e. The third-order valence-corrected chi connectivity index (χ3v) is 3.38. The maximum Gasteiger partial charge on any atom is 0.187 e. The normalized spacial score (nSPS) is 10.2. The van der Waals surface area contributed by atoms with Crippen molar-refractivity contribution in [3.63, 3.8) is 0 Å². The van der Waals surface area contributed by atoms with E-state index in [2.05, 4.69) is 9.88 Å². The number of nitrogens with zero attached hydrogens (tertiary/aromatic N) is 2. The molecule has 0 saturated carbocycles. The van der Waals surface area contributed by atoms with Gasteiger partial charge in [0.15, 0.2) is 5.13 Å². The van der Waals surface area contributed by atoms with Gasteiger partial charge in [-0.3, -0.25) is 0 Å². The number of aromatic nitrogens is 1. The van der Waals surface area contributed by atoms with E-state index >= 15 is 0 Å². The molecular formula is C12H15N3OS. The van der Waals surface area contributed by atoms with Gasteiger partial charge >= 0.3 is 0 Å². The van der Waals surface area contributed by atoms with E-state index in [1.807, 2.05) is 31.3 Å². The second-order valence-corrected chi connectivity index (χ2v) is 4.75. The molecule has 0 aliphatic rings. The van der Waals surface area contributed by atoms with Gasteiger partial charge in [0.2, 0.25) is 0 Å².